The summed E-state index contributed by atoms with van der Waals surface area (Å²) in [6, 6.07) is 7.59. The number of benzene rings is 1. The van der Waals surface area contributed by atoms with Crippen LogP contribution in [0.5, 0.6) is 5.75 Å². The van der Waals surface area contributed by atoms with E-state index in [1.54, 1.807) is 0 Å². The molecule has 0 saturated carbocycles. The number of carboxylic acid groups (broad SMARTS) is 1. The molecule has 0 amide bonds. The Morgan fingerprint density at radius 2 is 2.15 bits per heavy atom. The van der Waals surface area contributed by atoms with E-state index in [4.69, 9.17) is 4.74 Å². The first kappa shape index (κ1) is 13.4. The third-order valence-corrected chi connectivity index (χ3v) is 5.99. The highest BCUT2D eigenvalue weighted by atomic mass is 32.2. The van der Waals surface area contributed by atoms with Crippen LogP contribution in [0.15, 0.2) is 24.3 Å². The molecule has 108 valence electrons. The second-order valence-electron chi connectivity index (χ2n) is 5.68. The van der Waals surface area contributed by atoms with Crippen LogP contribution in [0.25, 0.3) is 0 Å². The highest BCUT2D eigenvalue weighted by Crippen LogP contribution is 2.41. The van der Waals surface area contributed by atoms with Crippen molar-refractivity contribution in [1.82, 2.24) is 0 Å². The predicted octanol–water partition coefficient (Wildman–Crippen LogP) is 1.27. The molecule has 6 heteroatoms. The molecular weight excluding hydrogens is 280 g/mol. The largest absolute Gasteiger partial charge is 0.490 e. The van der Waals surface area contributed by atoms with E-state index in [-0.39, 0.29) is 30.5 Å². The van der Waals surface area contributed by atoms with E-state index in [2.05, 4.69) is 0 Å². The Morgan fingerprint density at radius 3 is 2.75 bits per heavy atom. The number of para-hydroxylation sites is 1. The van der Waals surface area contributed by atoms with Gasteiger partial charge in [0.15, 0.2) is 9.84 Å². The van der Waals surface area contributed by atoms with Crippen molar-refractivity contribution in [1.29, 1.82) is 0 Å². The summed E-state index contributed by atoms with van der Waals surface area (Å²) in [6.45, 7) is 0. The minimum atomic E-state index is -3.24. The molecule has 0 aromatic heterocycles. The summed E-state index contributed by atoms with van der Waals surface area (Å²) in [5.41, 5.74) is -0.134. The highest BCUT2D eigenvalue weighted by Gasteiger charge is 2.50. The van der Waals surface area contributed by atoms with E-state index in [0.717, 1.165) is 11.3 Å². The Labute approximate surface area is 117 Å². The zero-order valence-corrected chi connectivity index (χ0v) is 11.7. The van der Waals surface area contributed by atoms with Gasteiger partial charge in [0, 0.05) is 12.8 Å². The molecule has 2 aliphatic heterocycles. The first-order valence-corrected chi connectivity index (χ1v) is 8.41. The maximum absolute atomic E-state index is 11.6. The molecule has 5 nitrogen and oxygen atoms in total. The van der Waals surface area contributed by atoms with Gasteiger partial charge in [-0.05, 0) is 18.1 Å². The maximum atomic E-state index is 11.6. The fourth-order valence-corrected chi connectivity index (χ4v) is 5.21. The number of aliphatic carboxylic acids is 1. The molecule has 0 bridgehead atoms. The molecule has 3 rings (SSSR count). The van der Waals surface area contributed by atoms with Crippen molar-refractivity contribution in [2.75, 3.05) is 11.5 Å². The van der Waals surface area contributed by atoms with Crippen molar-refractivity contribution in [3.63, 3.8) is 0 Å². The molecule has 0 spiro atoms. The average molecular weight is 296 g/mol. The molecule has 1 aromatic rings. The van der Waals surface area contributed by atoms with Crippen molar-refractivity contribution in [3.05, 3.63) is 29.8 Å². The van der Waals surface area contributed by atoms with Crippen LogP contribution in [0.3, 0.4) is 0 Å². The molecule has 1 saturated heterocycles. The minimum absolute atomic E-state index is 0.0427. The summed E-state index contributed by atoms with van der Waals surface area (Å²) in [6.07, 6.45) is 0.819. The fourth-order valence-electron chi connectivity index (χ4n) is 3.14. The van der Waals surface area contributed by atoms with E-state index in [9.17, 15) is 18.3 Å². The normalized spacial score (nSPS) is 30.7. The van der Waals surface area contributed by atoms with Crippen LogP contribution in [0.2, 0.25) is 0 Å². The van der Waals surface area contributed by atoms with Gasteiger partial charge in [-0.2, -0.15) is 0 Å². The van der Waals surface area contributed by atoms with E-state index >= 15 is 0 Å². The van der Waals surface area contributed by atoms with E-state index in [1.165, 1.54) is 0 Å². The van der Waals surface area contributed by atoms with Gasteiger partial charge in [-0.15, -0.1) is 0 Å². The number of hydrogen-bond donors (Lipinski definition) is 1. The van der Waals surface area contributed by atoms with Crippen molar-refractivity contribution in [2.45, 2.75) is 25.4 Å². The monoisotopic (exact) mass is 296 g/mol. The first-order chi connectivity index (χ1) is 9.40. The second kappa shape index (κ2) is 4.48. The van der Waals surface area contributed by atoms with Crippen LogP contribution >= 0.6 is 0 Å². The Bertz CT molecular complexity index is 626. The van der Waals surface area contributed by atoms with Crippen molar-refractivity contribution < 1.29 is 23.1 Å². The maximum Gasteiger partial charge on any atom is 0.310 e. The smallest absolute Gasteiger partial charge is 0.310 e. The van der Waals surface area contributed by atoms with Gasteiger partial charge in [-0.3, -0.25) is 4.79 Å². The highest BCUT2D eigenvalue weighted by molar-refractivity contribution is 7.91. The lowest BCUT2D eigenvalue weighted by molar-refractivity contribution is -0.148. The lowest BCUT2D eigenvalue weighted by Crippen LogP contribution is -2.37. The molecule has 0 aliphatic carbocycles. The van der Waals surface area contributed by atoms with E-state index in [0.29, 0.717) is 6.42 Å². The number of ether oxygens (including phenoxy) is 1. The van der Waals surface area contributed by atoms with E-state index < -0.39 is 21.2 Å². The molecule has 0 radical (unpaired) electrons. The molecule has 1 aromatic carbocycles. The molecule has 2 heterocycles. The Balaban J connectivity index is 1.79. The third-order valence-electron chi connectivity index (χ3n) is 4.17. The molecule has 1 fully saturated rings. The number of sulfone groups is 1. The van der Waals surface area contributed by atoms with E-state index in [1.807, 2.05) is 24.3 Å². The Kier molecular flexibility index (Phi) is 3.01. The summed E-state index contributed by atoms with van der Waals surface area (Å²) in [4.78, 5) is 11.6. The van der Waals surface area contributed by atoms with Crippen LogP contribution in [0, 0.1) is 5.41 Å². The van der Waals surface area contributed by atoms with Gasteiger partial charge >= 0.3 is 5.97 Å². The van der Waals surface area contributed by atoms with Gasteiger partial charge in [0.25, 0.3) is 0 Å². The van der Waals surface area contributed by atoms with Crippen LogP contribution in [-0.2, 0) is 21.1 Å². The standard InChI is InChI=1S/C14H16O5S/c15-13(16)14(5-6-20(17,18)9-14)8-11-7-10-3-1-2-4-12(10)19-11/h1-4,11H,5-9H2,(H,15,16). The lowest BCUT2D eigenvalue weighted by atomic mass is 9.81. The zero-order valence-electron chi connectivity index (χ0n) is 10.9. The number of carboxylic acids is 1. The van der Waals surface area contributed by atoms with Gasteiger partial charge in [-0.25, -0.2) is 8.42 Å². The number of rotatable bonds is 3. The predicted molar refractivity (Wildman–Crippen MR) is 72.5 cm³/mol. The van der Waals surface area contributed by atoms with Crippen molar-refractivity contribution in [2.24, 2.45) is 5.41 Å². The Morgan fingerprint density at radius 1 is 1.40 bits per heavy atom. The SMILES string of the molecule is O=C(O)C1(CC2Cc3ccccc3O2)CCS(=O)(=O)C1. The summed E-state index contributed by atoms with van der Waals surface area (Å²) < 4.78 is 29.0. The van der Waals surface area contributed by atoms with Crippen molar-refractivity contribution in [3.8, 4) is 5.75 Å². The van der Waals surface area contributed by atoms with Crippen LogP contribution < -0.4 is 4.74 Å². The first-order valence-electron chi connectivity index (χ1n) is 6.59. The molecule has 20 heavy (non-hydrogen) atoms. The lowest BCUT2D eigenvalue weighted by Gasteiger charge is -2.25. The molecule has 2 unspecified atom stereocenters. The van der Waals surface area contributed by atoms with Crippen LogP contribution in [0.4, 0.5) is 0 Å². The van der Waals surface area contributed by atoms with Gasteiger partial charge < -0.3 is 9.84 Å². The third kappa shape index (κ3) is 2.28. The number of hydrogen-bond acceptors (Lipinski definition) is 4. The summed E-state index contributed by atoms with van der Waals surface area (Å²) >= 11 is 0. The van der Waals surface area contributed by atoms with Gasteiger partial charge in [0.2, 0.25) is 0 Å². The van der Waals surface area contributed by atoms with Gasteiger partial charge in [0.05, 0.1) is 16.9 Å². The topological polar surface area (TPSA) is 80.7 Å². The summed E-state index contributed by atoms with van der Waals surface area (Å²) in [5.74, 6) is -0.568. The Hall–Kier alpha value is -1.56. The van der Waals surface area contributed by atoms with Crippen LogP contribution in [0.1, 0.15) is 18.4 Å². The molecule has 2 atom stereocenters. The quantitative estimate of drug-likeness (QED) is 0.908. The van der Waals surface area contributed by atoms with Gasteiger partial charge in [0.1, 0.15) is 11.9 Å². The fraction of sp³-hybridized carbons (Fsp3) is 0.500. The molecule has 1 N–H and O–H groups in total. The number of carbonyl (C=O) groups is 1. The summed E-state index contributed by atoms with van der Waals surface area (Å²) in [5, 5.41) is 9.45. The zero-order chi connectivity index (χ0) is 14.4. The molecular formula is C14H16O5S. The minimum Gasteiger partial charge on any atom is -0.490 e. The number of fused-ring (bicyclic) bond motifs is 1. The van der Waals surface area contributed by atoms with Crippen LogP contribution in [-0.4, -0.2) is 37.1 Å². The summed E-state index contributed by atoms with van der Waals surface area (Å²) in [7, 11) is -3.24. The van der Waals surface area contributed by atoms with Gasteiger partial charge in [-0.1, -0.05) is 18.2 Å². The molecule has 2 aliphatic rings. The average Bonchev–Trinajstić information content (AvgIpc) is 2.90. The van der Waals surface area contributed by atoms with Crippen molar-refractivity contribution >= 4 is 15.8 Å². The second-order valence-corrected chi connectivity index (χ2v) is 7.87.